The first-order chi connectivity index (χ1) is 27.2. The zero-order valence-electron chi connectivity index (χ0n) is 32.9. The molecule has 0 spiro atoms. The quantitative estimate of drug-likeness (QED) is 0.0834. The molecule has 3 aromatic rings. The van der Waals surface area contributed by atoms with Crippen LogP contribution in [0.25, 0.3) is 11.2 Å². The van der Waals surface area contributed by atoms with Crippen LogP contribution in [-0.4, -0.2) is 100 Å². The summed E-state index contributed by atoms with van der Waals surface area (Å²) < 4.78 is 76.3. The molecule has 3 N–H and O–H groups in total. The van der Waals surface area contributed by atoms with Gasteiger partial charge in [-0.1, -0.05) is 46.9 Å². The van der Waals surface area contributed by atoms with Crippen LogP contribution in [0.1, 0.15) is 53.7 Å². The van der Waals surface area contributed by atoms with Crippen LogP contribution in [0.4, 0.5) is 16.2 Å². The number of aromatic nitrogens is 6. The van der Waals surface area contributed by atoms with Crippen molar-refractivity contribution in [2.75, 3.05) is 30.5 Å². The van der Waals surface area contributed by atoms with Gasteiger partial charge in [-0.3, -0.25) is 38.0 Å². The first-order valence-electron chi connectivity index (χ1n) is 18.6. The molecule has 5 heterocycles. The molecule has 0 aromatic carbocycles. The Morgan fingerprint density at radius 3 is 2.67 bits per heavy atom. The van der Waals surface area contributed by atoms with Crippen molar-refractivity contribution in [2.24, 2.45) is 11.8 Å². The Kier molecular flexibility index (Phi) is 13.7. The number of hydrogen-bond acceptors (Lipinski definition) is 17. The van der Waals surface area contributed by atoms with E-state index >= 15 is 4.39 Å². The van der Waals surface area contributed by atoms with Gasteiger partial charge in [-0.2, -0.15) is 10.2 Å². The topological polar surface area (TPSA) is 236 Å². The van der Waals surface area contributed by atoms with E-state index in [0.717, 1.165) is 0 Å². The zero-order chi connectivity index (χ0) is 42.2. The molecule has 0 radical (unpaired) electrons. The van der Waals surface area contributed by atoms with E-state index in [-0.39, 0.29) is 54.1 Å². The van der Waals surface area contributed by atoms with Crippen LogP contribution in [0.3, 0.4) is 0 Å². The Morgan fingerprint density at radius 2 is 2.00 bits per heavy atom. The largest absolute Gasteiger partial charge is 0.408 e. The molecule has 58 heavy (non-hydrogen) atoms. The molecule has 19 nitrogen and oxygen atoms in total. The van der Waals surface area contributed by atoms with Crippen molar-refractivity contribution in [1.29, 1.82) is 5.26 Å². The van der Waals surface area contributed by atoms with E-state index in [1.807, 2.05) is 39.9 Å². The minimum atomic E-state index is -4.34. The second-order valence-electron chi connectivity index (χ2n) is 16.0. The maximum atomic E-state index is 16.3. The van der Waals surface area contributed by atoms with E-state index in [4.69, 9.17) is 43.6 Å². The van der Waals surface area contributed by atoms with Gasteiger partial charge in [0, 0.05) is 18.0 Å². The summed E-state index contributed by atoms with van der Waals surface area (Å²) in [6, 6.07) is 2.73. The molecule has 2 aliphatic heterocycles. The van der Waals surface area contributed by atoms with Gasteiger partial charge in [0.05, 0.1) is 44.7 Å². The smallest absolute Gasteiger partial charge is 0.386 e. The number of hydrogen-bond donors (Lipinski definition) is 4. The van der Waals surface area contributed by atoms with Crippen LogP contribution in [0.2, 0.25) is 18.1 Å². The Morgan fingerprint density at radius 1 is 1.24 bits per heavy atom. The third kappa shape index (κ3) is 10.1. The van der Waals surface area contributed by atoms with Gasteiger partial charge in [0.25, 0.3) is 5.56 Å². The maximum absolute atomic E-state index is 16.3. The van der Waals surface area contributed by atoms with E-state index in [9.17, 15) is 19.4 Å². The van der Waals surface area contributed by atoms with Crippen molar-refractivity contribution in [3.8, 4) is 6.07 Å². The predicted molar refractivity (Wildman–Crippen MR) is 219 cm³/mol. The van der Waals surface area contributed by atoms with Gasteiger partial charge in [0.2, 0.25) is 11.9 Å². The number of H-pyrrole nitrogens is 1. The number of anilines is 2. The molecule has 2 saturated heterocycles. The van der Waals surface area contributed by atoms with E-state index in [0.29, 0.717) is 5.82 Å². The molecule has 0 unspecified atom stereocenters. The lowest BCUT2D eigenvalue weighted by atomic mass is 10.1. The molecule has 10 atom stereocenters. The van der Waals surface area contributed by atoms with Crippen molar-refractivity contribution in [1.82, 2.24) is 29.5 Å². The first-order valence-corrected chi connectivity index (χ1v) is 26.7. The van der Waals surface area contributed by atoms with Crippen molar-refractivity contribution >= 4 is 74.7 Å². The highest BCUT2D eigenvalue weighted by molar-refractivity contribution is 8.44. The summed E-state index contributed by atoms with van der Waals surface area (Å²) in [7, 11) is -2.72. The third-order valence-corrected chi connectivity index (χ3v) is 18.9. The van der Waals surface area contributed by atoms with E-state index < -0.39 is 88.7 Å². The van der Waals surface area contributed by atoms with Gasteiger partial charge >= 0.3 is 13.5 Å². The highest BCUT2D eigenvalue weighted by Crippen LogP contribution is 2.60. The van der Waals surface area contributed by atoms with Crippen LogP contribution >= 0.6 is 25.8 Å². The fraction of sp³-hybridized carbons (Fsp3) is 0.667. The summed E-state index contributed by atoms with van der Waals surface area (Å²) in [5.74, 6) is -1.35. The number of halogens is 1. The van der Waals surface area contributed by atoms with Gasteiger partial charge in [0.1, 0.15) is 42.7 Å². The molecule has 6 rings (SSSR count). The fourth-order valence-electron chi connectivity index (χ4n) is 6.35. The predicted octanol–water partition coefficient (Wildman–Crippen LogP) is 5.64. The average molecular weight is 904 g/mol. The van der Waals surface area contributed by atoms with Gasteiger partial charge in [-0.05, 0) is 42.4 Å². The number of imidazole rings is 1. The monoisotopic (exact) mass is 903 g/mol. The lowest BCUT2D eigenvalue weighted by molar-refractivity contribution is -0.118. The Hall–Kier alpha value is -2.71. The Balaban J connectivity index is 1.44. The van der Waals surface area contributed by atoms with E-state index in [1.165, 1.54) is 23.4 Å². The minimum Gasteiger partial charge on any atom is -0.408 e. The van der Waals surface area contributed by atoms with Gasteiger partial charge in [-0.25, -0.2) is 23.9 Å². The molecule has 3 aromatic heterocycles. The van der Waals surface area contributed by atoms with Crippen LogP contribution in [-0.2, 0) is 52.9 Å². The van der Waals surface area contributed by atoms with E-state index in [2.05, 4.69) is 47.8 Å². The minimum absolute atomic E-state index is 0.0167. The highest BCUT2D eigenvalue weighted by atomic mass is 32.7. The van der Waals surface area contributed by atoms with Gasteiger partial charge in [-0.15, -0.1) is 0 Å². The molecule has 3 aliphatic rings. The Labute approximate surface area is 345 Å². The molecular weight excluding hydrogens is 856 g/mol. The fourth-order valence-corrected chi connectivity index (χ4v) is 11.3. The number of amides is 1. The molecular formula is C33H48FN9O10P2S2Si. The van der Waals surface area contributed by atoms with Crippen molar-refractivity contribution in [3.05, 3.63) is 35.3 Å². The Bertz CT molecular complexity index is 2160. The molecule has 1 amide bonds. The number of carbonyl (C=O) groups excluding carboxylic acids is 1. The molecule has 3 fully saturated rings. The number of thiol groups is 1. The number of fused-ring (bicyclic) bond motifs is 4. The van der Waals surface area contributed by atoms with Crippen molar-refractivity contribution in [3.63, 3.8) is 0 Å². The number of nitrogens with zero attached hydrogens (tertiary/aromatic N) is 6. The zero-order valence-corrected chi connectivity index (χ0v) is 37.4. The van der Waals surface area contributed by atoms with E-state index in [1.54, 1.807) is 19.9 Å². The SMILES string of the molecule is CC(C)C(=O)Nc1nc2c(ncn2[C@@H]2O[C@@H]3CO[P@](=O)(S)O[C@@H]4[C@@H](CO[P@](=S)(OCCC#N)O[C@@H]2[C@@H]3O[Si](C)(C)C(C)(C)C)C[C@@H](Nc2ccncn2)[C@H]4F)c(=O)[nH]1. The van der Waals surface area contributed by atoms with Crippen LogP contribution in [0.5, 0.6) is 0 Å². The number of nitrogens with one attached hydrogen (secondary N) is 3. The first kappa shape index (κ1) is 44.8. The summed E-state index contributed by atoms with van der Waals surface area (Å²) in [5.41, 5.74) is -0.697. The van der Waals surface area contributed by atoms with Crippen LogP contribution in [0.15, 0.2) is 29.7 Å². The number of nitriles is 1. The van der Waals surface area contributed by atoms with Crippen LogP contribution < -0.4 is 16.2 Å². The molecule has 25 heteroatoms. The standard InChI is InChI=1S/C33H48FN9O10P2S2Si/c1-18(2)29(44)41-32-40-28-24(30(45)42-32)38-17-43(28)31-27-26(53-58(6,7)33(3,4)5)21(50-31)15-48-54(46,56)51-25-19(14-49-55(57,52-27)47-12-8-10-35)13-20(23(25)34)39-22-9-11-36-16-37-22/h9,11,16-21,23,25-27,31H,8,12-15H2,1-7H3,(H,46,56)(H,36,37,39)(H2,40,41,42,44,45)/t19-,20-,21-,23-,25-,26-,27-,31-,54+,55-/m1/s1. The summed E-state index contributed by atoms with van der Waals surface area (Å²) in [6.07, 6.45) is -3.42. The lowest BCUT2D eigenvalue weighted by Crippen LogP contribution is -2.50. The number of alkyl halides is 1. The highest BCUT2D eigenvalue weighted by Gasteiger charge is 2.55. The van der Waals surface area contributed by atoms with Crippen molar-refractivity contribution in [2.45, 2.75) is 108 Å². The molecule has 1 saturated carbocycles. The van der Waals surface area contributed by atoms with Crippen molar-refractivity contribution < 1.29 is 45.5 Å². The number of aromatic amines is 1. The number of ether oxygens (including phenoxy) is 1. The van der Waals surface area contributed by atoms with Crippen LogP contribution in [0, 0.1) is 23.2 Å². The molecule has 2 bridgehead atoms. The average Bonchev–Trinajstić information content (AvgIpc) is 3.79. The maximum Gasteiger partial charge on any atom is 0.386 e. The summed E-state index contributed by atoms with van der Waals surface area (Å²) in [4.78, 5) is 45.2. The van der Waals surface area contributed by atoms with Gasteiger partial charge in [0.15, 0.2) is 25.7 Å². The molecule has 1 aliphatic carbocycles. The lowest BCUT2D eigenvalue weighted by Gasteiger charge is -2.41. The number of carbonyl (C=O) groups is 1. The summed E-state index contributed by atoms with van der Waals surface area (Å²) >= 11 is 10.3. The second kappa shape index (κ2) is 17.7. The third-order valence-electron chi connectivity index (χ3n) is 10.4. The summed E-state index contributed by atoms with van der Waals surface area (Å²) in [6.45, 7) is 4.35. The summed E-state index contributed by atoms with van der Waals surface area (Å²) in [5, 5.41) is 14.7. The second-order valence-corrected chi connectivity index (χ2v) is 26.6. The normalized spacial score (nSPS) is 32.2. The number of rotatable bonds is 10. The molecule has 318 valence electrons. The van der Waals surface area contributed by atoms with Gasteiger partial charge < -0.3 is 23.5 Å².